The second-order valence-electron chi connectivity index (χ2n) is 6.25. The number of carbonyl (C=O) groups is 1. The van der Waals surface area contributed by atoms with E-state index in [4.69, 9.17) is 0 Å². The van der Waals surface area contributed by atoms with Gasteiger partial charge in [-0.25, -0.2) is 13.1 Å². The Morgan fingerprint density at radius 2 is 1.91 bits per heavy atom. The van der Waals surface area contributed by atoms with Gasteiger partial charge in [0.1, 0.15) is 0 Å². The van der Waals surface area contributed by atoms with Crippen molar-refractivity contribution in [3.05, 3.63) is 29.8 Å². The molecule has 1 aromatic carbocycles. The van der Waals surface area contributed by atoms with Gasteiger partial charge >= 0.3 is 0 Å². The van der Waals surface area contributed by atoms with Crippen LogP contribution < -0.4 is 4.72 Å². The van der Waals surface area contributed by atoms with Crippen LogP contribution in [0.25, 0.3) is 0 Å². The molecule has 0 bridgehead atoms. The normalized spacial score (nSPS) is 17.3. The van der Waals surface area contributed by atoms with E-state index < -0.39 is 10.0 Å². The molecule has 0 unspecified atom stereocenters. The summed E-state index contributed by atoms with van der Waals surface area (Å²) in [5, 5.41) is 0. The van der Waals surface area contributed by atoms with E-state index in [1.165, 1.54) is 12.1 Å². The number of sulfonamides is 1. The van der Waals surface area contributed by atoms with E-state index in [0.717, 1.165) is 19.5 Å². The summed E-state index contributed by atoms with van der Waals surface area (Å²) in [6.45, 7) is 6.69. The van der Waals surface area contributed by atoms with Crippen LogP contribution in [0, 0.1) is 0 Å². The molecule has 6 nitrogen and oxygen atoms in total. The van der Waals surface area contributed by atoms with Crippen molar-refractivity contribution >= 4 is 15.9 Å². The minimum atomic E-state index is -3.59. The average molecular weight is 339 g/mol. The molecule has 1 aliphatic rings. The molecule has 0 spiro atoms. The predicted octanol–water partition coefficient (Wildman–Crippen LogP) is 1.15. The molecule has 1 aliphatic heterocycles. The van der Waals surface area contributed by atoms with Crippen LogP contribution in [0.1, 0.15) is 30.6 Å². The summed E-state index contributed by atoms with van der Waals surface area (Å²) < 4.78 is 27.0. The third kappa shape index (κ3) is 4.76. The fraction of sp³-hybridized carbons (Fsp3) is 0.562. The first-order chi connectivity index (χ1) is 10.8. The Morgan fingerprint density at radius 3 is 2.61 bits per heavy atom. The molecule has 1 aromatic rings. The van der Waals surface area contributed by atoms with Gasteiger partial charge < -0.3 is 9.80 Å². The average Bonchev–Trinajstić information content (AvgIpc) is 2.70. The highest BCUT2D eigenvalue weighted by molar-refractivity contribution is 7.89. The lowest BCUT2D eigenvalue weighted by Gasteiger charge is -2.21. The Morgan fingerprint density at radius 1 is 1.17 bits per heavy atom. The molecule has 0 aromatic heterocycles. The minimum absolute atomic E-state index is 0.109. The molecule has 1 saturated heterocycles. The molecule has 7 heteroatoms. The molecule has 0 atom stereocenters. The van der Waals surface area contributed by atoms with Crippen molar-refractivity contribution in [2.24, 2.45) is 0 Å². The summed E-state index contributed by atoms with van der Waals surface area (Å²) in [5.41, 5.74) is 0.418. The zero-order chi connectivity index (χ0) is 17.0. The van der Waals surface area contributed by atoms with Gasteiger partial charge in [0.25, 0.3) is 5.91 Å². The number of benzene rings is 1. The molecule has 0 aliphatic carbocycles. The van der Waals surface area contributed by atoms with E-state index in [2.05, 4.69) is 9.62 Å². The smallest absolute Gasteiger partial charge is 0.253 e. The minimum Gasteiger partial charge on any atom is -0.337 e. The molecular weight excluding hydrogens is 314 g/mol. The van der Waals surface area contributed by atoms with Gasteiger partial charge in [0.15, 0.2) is 0 Å². The second kappa shape index (κ2) is 7.42. The number of amides is 1. The van der Waals surface area contributed by atoms with Crippen molar-refractivity contribution in [3.8, 4) is 0 Å². The monoisotopic (exact) mass is 339 g/mol. The van der Waals surface area contributed by atoms with Crippen LogP contribution in [0.2, 0.25) is 0 Å². The van der Waals surface area contributed by atoms with E-state index in [0.29, 0.717) is 18.7 Å². The van der Waals surface area contributed by atoms with Crippen molar-refractivity contribution in [1.29, 1.82) is 0 Å². The summed E-state index contributed by atoms with van der Waals surface area (Å²) in [5.74, 6) is -0.109. The lowest BCUT2D eigenvalue weighted by molar-refractivity contribution is 0.0762. The Balaban J connectivity index is 2.20. The van der Waals surface area contributed by atoms with Gasteiger partial charge in [-0.2, -0.15) is 0 Å². The quantitative estimate of drug-likeness (QED) is 0.893. The number of hydrogen-bond donors (Lipinski definition) is 1. The van der Waals surface area contributed by atoms with Crippen molar-refractivity contribution in [3.63, 3.8) is 0 Å². The standard InChI is InChI=1S/C16H25N3O3S/c1-13(2)17-23(21,22)15-7-4-6-14(12-15)16(20)19-9-5-8-18(3)10-11-19/h4,6-7,12-13,17H,5,8-11H2,1-3H3. The molecule has 2 rings (SSSR count). The van der Waals surface area contributed by atoms with Crippen molar-refractivity contribution in [1.82, 2.24) is 14.5 Å². The van der Waals surface area contributed by atoms with Crippen LogP contribution in [0.5, 0.6) is 0 Å². The largest absolute Gasteiger partial charge is 0.337 e. The number of carbonyl (C=O) groups excluding carboxylic acids is 1. The van der Waals surface area contributed by atoms with E-state index in [-0.39, 0.29) is 16.8 Å². The topological polar surface area (TPSA) is 69.7 Å². The predicted molar refractivity (Wildman–Crippen MR) is 89.9 cm³/mol. The highest BCUT2D eigenvalue weighted by Gasteiger charge is 2.21. The van der Waals surface area contributed by atoms with Crippen LogP contribution in [0.4, 0.5) is 0 Å². The van der Waals surface area contributed by atoms with Gasteiger partial charge in [0.2, 0.25) is 10.0 Å². The maximum atomic E-state index is 12.7. The van der Waals surface area contributed by atoms with Crippen molar-refractivity contribution in [2.75, 3.05) is 33.2 Å². The van der Waals surface area contributed by atoms with Crippen LogP contribution in [0.15, 0.2) is 29.2 Å². The third-order valence-corrected chi connectivity index (χ3v) is 5.45. The molecule has 23 heavy (non-hydrogen) atoms. The fourth-order valence-corrected chi connectivity index (χ4v) is 3.90. The van der Waals surface area contributed by atoms with Gasteiger partial charge in [0, 0.05) is 31.2 Å². The van der Waals surface area contributed by atoms with Crippen molar-refractivity contribution in [2.45, 2.75) is 31.2 Å². The molecule has 1 amide bonds. The number of nitrogens with one attached hydrogen (secondary N) is 1. The molecule has 128 valence electrons. The van der Waals surface area contributed by atoms with Crippen LogP contribution >= 0.6 is 0 Å². The zero-order valence-electron chi connectivity index (χ0n) is 13.9. The van der Waals surface area contributed by atoms with Crippen LogP contribution in [-0.4, -0.2) is 63.4 Å². The Labute approximate surface area is 138 Å². The number of nitrogens with zero attached hydrogens (tertiary/aromatic N) is 2. The summed E-state index contributed by atoms with van der Waals surface area (Å²) in [7, 11) is -1.55. The van der Waals surface area contributed by atoms with Gasteiger partial charge in [-0.05, 0) is 52.1 Å². The summed E-state index contributed by atoms with van der Waals surface area (Å²) in [4.78, 5) is 16.8. The Hall–Kier alpha value is -1.44. The summed E-state index contributed by atoms with van der Waals surface area (Å²) >= 11 is 0. The van der Waals surface area contributed by atoms with E-state index in [1.54, 1.807) is 30.9 Å². The summed E-state index contributed by atoms with van der Waals surface area (Å²) in [6, 6.07) is 6.07. The fourth-order valence-electron chi connectivity index (χ4n) is 2.61. The molecule has 0 radical (unpaired) electrons. The van der Waals surface area contributed by atoms with E-state index >= 15 is 0 Å². The molecule has 0 saturated carbocycles. The Bertz CT molecular complexity index is 658. The van der Waals surface area contributed by atoms with E-state index in [1.807, 2.05) is 7.05 Å². The third-order valence-electron chi connectivity index (χ3n) is 3.79. The zero-order valence-corrected chi connectivity index (χ0v) is 14.8. The number of likely N-dealkylation sites (N-methyl/N-ethyl adjacent to an activating group) is 1. The summed E-state index contributed by atoms with van der Waals surface area (Å²) in [6.07, 6.45) is 0.926. The highest BCUT2D eigenvalue weighted by atomic mass is 32.2. The highest BCUT2D eigenvalue weighted by Crippen LogP contribution is 2.15. The maximum Gasteiger partial charge on any atom is 0.253 e. The van der Waals surface area contributed by atoms with Crippen LogP contribution in [-0.2, 0) is 10.0 Å². The van der Waals surface area contributed by atoms with Crippen LogP contribution in [0.3, 0.4) is 0 Å². The first-order valence-electron chi connectivity index (χ1n) is 7.90. The Kier molecular flexibility index (Phi) is 5.78. The SMILES string of the molecule is CC(C)NS(=O)(=O)c1cccc(C(=O)N2CCCN(C)CC2)c1. The number of hydrogen-bond acceptors (Lipinski definition) is 4. The second-order valence-corrected chi connectivity index (χ2v) is 7.97. The maximum absolute atomic E-state index is 12.7. The van der Waals surface area contributed by atoms with Gasteiger partial charge in [0.05, 0.1) is 4.90 Å². The first-order valence-corrected chi connectivity index (χ1v) is 9.38. The van der Waals surface area contributed by atoms with Crippen molar-refractivity contribution < 1.29 is 13.2 Å². The first kappa shape index (κ1) is 17.9. The lowest BCUT2D eigenvalue weighted by Crippen LogP contribution is -2.35. The lowest BCUT2D eigenvalue weighted by atomic mass is 10.2. The van der Waals surface area contributed by atoms with Gasteiger partial charge in [-0.15, -0.1) is 0 Å². The molecule has 1 heterocycles. The molecule has 1 fully saturated rings. The number of rotatable bonds is 4. The van der Waals surface area contributed by atoms with E-state index in [9.17, 15) is 13.2 Å². The van der Waals surface area contributed by atoms with Gasteiger partial charge in [-0.3, -0.25) is 4.79 Å². The molecule has 1 N–H and O–H groups in total. The van der Waals surface area contributed by atoms with Gasteiger partial charge in [-0.1, -0.05) is 6.07 Å². The molecular formula is C16H25N3O3S.